The average Bonchev–Trinajstić information content (AvgIpc) is 2.64. The molecule has 1 N–H and O–H groups in total. The highest BCUT2D eigenvalue weighted by Crippen LogP contribution is 2.29. The minimum Gasteiger partial charge on any atom is -0.396 e. The minimum absolute atomic E-state index is 0.0636. The Morgan fingerprint density at radius 2 is 2.19 bits per heavy atom. The Hall–Kier alpha value is -0.970. The van der Waals surface area contributed by atoms with Gasteiger partial charge in [-0.15, -0.1) is 11.3 Å². The molecule has 0 fully saturated rings. The fraction of sp³-hybridized carbons (Fsp3) is 0.273. The van der Waals surface area contributed by atoms with Crippen LogP contribution in [-0.4, -0.2) is 21.7 Å². The molecule has 3 nitrogen and oxygen atoms in total. The molecule has 16 heavy (non-hydrogen) atoms. The van der Waals surface area contributed by atoms with Gasteiger partial charge in [-0.25, -0.2) is 9.97 Å². The van der Waals surface area contributed by atoms with E-state index in [9.17, 15) is 0 Å². The van der Waals surface area contributed by atoms with Crippen molar-refractivity contribution in [2.24, 2.45) is 0 Å². The molecule has 0 atom stereocenters. The van der Waals surface area contributed by atoms with Gasteiger partial charge in [0.1, 0.15) is 5.82 Å². The average molecular weight is 255 g/mol. The summed E-state index contributed by atoms with van der Waals surface area (Å²) in [6.07, 6.45) is 0.480. The van der Waals surface area contributed by atoms with E-state index in [1.165, 1.54) is 11.3 Å². The van der Waals surface area contributed by atoms with Crippen LogP contribution in [0.1, 0.15) is 11.5 Å². The normalized spacial score (nSPS) is 10.7. The van der Waals surface area contributed by atoms with Crippen molar-refractivity contribution in [1.29, 1.82) is 0 Å². The highest BCUT2D eigenvalue weighted by Gasteiger charge is 2.06. The van der Waals surface area contributed by atoms with E-state index in [-0.39, 0.29) is 6.61 Å². The largest absolute Gasteiger partial charge is 0.396 e. The number of aryl methyl sites for hydroxylation is 1. The van der Waals surface area contributed by atoms with Crippen molar-refractivity contribution in [2.75, 3.05) is 6.61 Å². The number of hydrogen-bond acceptors (Lipinski definition) is 4. The summed E-state index contributed by atoms with van der Waals surface area (Å²) in [4.78, 5) is 9.67. The maximum Gasteiger partial charge on any atom is 0.131 e. The van der Waals surface area contributed by atoms with E-state index < -0.39 is 0 Å². The van der Waals surface area contributed by atoms with E-state index in [0.29, 0.717) is 12.2 Å². The Labute approximate surface area is 103 Å². The SMILES string of the molecule is Cc1cc(-c2ccc(Cl)s2)nc(CCO)n1. The van der Waals surface area contributed by atoms with E-state index >= 15 is 0 Å². The zero-order valence-electron chi connectivity index (χ0n) is 8.77. The van der Waals surface area contributed by atoms with Crippen LogP contribution in [0.15, 0.2) is 18.2 Å². The molecule has 0 saturated heterocycles. The predicted molar refractivity (Wildman–Crippen MR) is 65.9 cm³/mol. The van der Waals surface area contributed by atoms with Crippen molar-refractivity contribution in [1.82, 2.24) is 9.97 Å². The molecule has 0 unspecified atom stereocenters. The fourth-order valence-corrected chi connectivity index (χ4v) is 2.42. The summed E-state index contributed by atoms with van der Waals surface area (Å²) < 4.78 is 0.745. The van der Waals surface area contributed by atoms with Crippen LogP contribution >= 0.6 is 22.9 Å². The van der Waals surface area contributed by atoms with E-state index in [1.54, 1.807) is 0 Å². The van der Waals surface area contributed by atoms with Crippen molar-refractivity contribution in [3.05, 3.63) is 34.1 Å². The van der Waals surface area contributed by atoms with Crippen molar-refractivity contribution in [3.63, 3.8) is 0 Å². The number of thiophene rings is 1. The molecule has 0 amide bonds. The van der Waals surface area contributed by atoms with Gasteiger partial charge in [0.05, 0.1) is 21.5 Å². The second kappa shape index (κ2) is 4.91. The van der Waals surface area contributed by atoms with E-state index in [4.69, 9.17) is 16.7 Å². The van der Waals surface area contributed by atoms with E-state index in [0.717, 1.165) is 20.6 Å². The lowest BCUT2D eigenvalue weighted by atomic mass is 10.2. The Bertz CT molecular complexity index is 498. The van der Waals surface area contributed by atoms with Gasteiger partial charge in [0, 0.05) is 12.1 Å². The maximum absolute atomic E-state index is 8.88. The summed E-state index contributed by atoms with van der Waals surface area (Å²) in [5, 5.41) is 8.88. The van der Waals surface area contributed by atoms with Gasteiger partial charge in [-0.3, -0.25) is 0 Å². The summed E-state index contributed by atoms with van der Waals surface area (Å²) >= 11 is 7.38. The zero-order valence-corrected chi connectivity index (χ0v) is 10.3. The molecule has 0 aliphatic carbocycles. The van der Waals surface area contributed by atoms with Crippen molar-refractivity contribution < 1.29 is 5.11 Å². The first kappa shape index (κ1) is 11.5. The molecule has 2 aromatic rings. The number of aliphatic hydroxyl groups is 1. The van der Waals surface area contributed by atoms with Crippen LogP contribution in [0.3, 0.4) is 0 Å². The number of rotatable bonds is 3. The summed E-state index contributed by atoms with van der Waals surface area (Å²) in [6.45, 7) is 1.98. The van der Waals surface area contributed by atoms with Gasteiger partial charge >= 0.3 is 0 Å². The molecule has 2 aromatic heterocycles. The number of nitrogens with zero attached hydrogens (tertiary/aromatic N) is 2. The van der Waals surface area contributed by atoms with Gasteiger partial charge in [-0.05, 0) is 25.1 Å². The standard InChI is InChI=1S/C11H11ClN2OS/c1-7-6-8(9-2-3-10(12)16-9)14-11(13-7)4-5-15/h2-3,6,15H,4-5H2,1H3. The predicted octanol–water partition coefficient (Wildman–Crippen LogP) is 2.70. The summed E-state index contributed by atoms with van der Waals surface area (Å²) in [6, 6.07) is 5.71. The molecule has 84 valence electrons. The molecule has 2 rings (SSSR count). The van der Waals surface area contributed by atoms with Crippen LogP contribution in [0.2, 0.25) is 4.34 Å². The first-order valence-electron chi connectivity index (χ1n) is 4.90. The number of hydrogen-bond donors (Lipinski definition) is 1. The summed E-state index contributed by atoms with van der Waals surface area (Å²) in [7, 11) is 0. The molecular weight excluding hydrogens is 244 g/mol. The molecule has 0 aliphatic rings. The van der Waals surface area contributed by atoms with Crippen molar-refractivity contribution in [3.8, 4) is 10.6 Å². The smallest absolute Gasteiger partial charge is 0.131 e. The molecule has 0 radical (unpaired) electrons. The highest BCUT2D eigenvalue weighted by atomic mass is 35.5. The Kier molecular flexibility index (Phi) is 3.53. The van der Waals surface area contributed by atoms with Gasteiger partial charge < -0.3 is 5.11 Å². The molecule has 0 bridgehead atoms. The monoisotopic (exact) mass is 254 g/mol. The van der Waals surface area contributed by atoms with Crippen LogP contribution in [-0.2, 0) is 6.42 Å². The fourth-order valence-electron chi connectivity index (χ4n) is 1.42. The lowest BCUT2D eigenvalue weighted by Crippen LogP contribution is -2.01. The molecular formula is C11H11ClN2OS. The third-order valence-corrected chi connectivity index (χ3v) is 3.32. The Balaban J connectivity index is 2.40. The number of halogens is 1. The Morgan fingerprint density at radius 1 is 1.38 bits per heavy atom. The lowest BCUT2D eigenvalue weighted by molar-refractivity contribution is 0.296. The second-order valence-corrected chi connectivity index (χ2v) is 5.10. The zero-order chi connectivity index (χ0) is 11.5. The van der Waals surface area contributed by atoms with Crippen LogP contribution < -0.4 is 0 Å². The van der Waals surface area contributed by atoms with Crippen LogP contribution in [0, 0.1) is 6.92 Å². The highest BCUT2D eigenvalue weighted by molar-refractivity contribution is 7.19. The first-order chi connectivity index (χ1) is 7.69. The molecule has 0 spiro atoms. The van der Waals surface area contributed by atoms with Gasteiger partial charge in [0.25, 0.3) is 0 Å². The molecule has 2 heterocycles. The van der Waals surface area contributed by atoms with Gasteiger partial charge in [-0.2, -0.15) is 0 Å². The third kappa shape index (κ3) is 2.58. The van der Waals surface area contributed by atoms with Gasteiger partial charge in [0.15, 0.2) is 0 Å². The molecule has 0 saturated carbocycles. The maximum atomic E-state index is 8.88. The first-order valence-corrected chi connectivity index (χ1v) is 6.09. The molecule has 0 aliphatic heterocycles. The van der Waals surface area contributed by atoms with Crippen molar-refractivity contribution >= 4 is 22.9 Å². The second-order valence-electron chi connectivity index (χ2n) is 3.39. The quantitative estimate of drug-likeness (QED) is 0.916. The summed E-state index contributed by atoms with van der Waals surface area (Å²) in [5.74, 6) is 0.669. The van der Waals surface area contributed by atoms with Crippen LogP contribution in [0.4, 0.5) is 0 Å². The van der Waals surface area contributed by atoms with Gasteiger partial charge in [0.2, 0.25) is 0 Å². The van der Waals surface area contributed by atoms with Gasteiger partial charge in [-0.1, -0.05) is 11.6 Å². The third-order valence-electron chi connectivity index (χ3n) is 2.06. The number of aliphatic hydroxyl groups excluding tert-OH is 1. The van der Waals surface area contributed by atoms with E-state index in [2.05, 4.69) is 9.97 Å². The topological polar surface area (TPSA) is 46.0 Å². The molecule has 5 heteroatoms. The number of aromatic nitrogens is 2. The molecule has 0 aromatic carbocycles. The van der Waals surface area contributed by atoms with Crippen LogP contribution in [0.25, 0.3) is 10.6 Å². The van der Waals surface area contributed by atoms with Crippen molar-refractivity contribution in [2.45, 2.75) is 13.3 Å². The van der Waals surface area contributed by atoms with E-state index in [1.807, 2.05) is 25.1 Å². The lowest BCUT2D eigenvalue weighted by Gasteiger charge is -2.02. The van der Waals surface area contributed by atoms with Crippen LogP contribution in [0.5, 0.6) is 0 Å². The summed E-state index contributed by atoms with van der Waals surface area (Å²) in [5.41, 5.74) is 1.77. The minimum atomic E-state index is 0.0636. The Morgan fingerprint density at radius 3 is 2.81 bits per heavy atom.